The summed E-state index contributed by atoms with van der Waals surface area (Å²) in [7, 11) is 1.52. The van der Waals surface area contributed by atoms with E-state index in [0.717, 1.165) is 18.4 Å². The van der Waals surface area contributed by atoms with Gasteiger partial charge in [-0.1, -0.05) is 39.8 Å². The highest BCUT2D eigenvalue weighted by Crippen LogP contribution is 2.87. The van der Waals surface area contributed by atoms with Crippen LogP contribution in [0.3, 0.4) is 0 Å². The third-order valence-electron chi connectivity index (χ3n) is 12.6. The molecular weight excluding hydrogens is 436 g/mol. The van der Waals surface area contributed by atoms with Crippen LogP contribution in [-0.2, 0) is 19.1 Å². The van der Waals surface area contributed by atoms with Crippen LogP contribution in [0.25, 0.3) is 0 Å². The molecule has 2 unspecified atom stereocenters. The molecule has 0 radical (unpaired) electrons. The molecule has 0 bridgehead atoms. The summed E-state index contributed by atoms with van der Waals surface area (Å²) in [4.78, 5) is 24.7. The number of hydrogen-bond donors (Lipinski definition) is 0. The maximum Gasteiger partial charge on any atom is 0.333 e. The summed E-state index contributed by atoms with van der Waals surface area (Å²) in [6.45, 7) is 15.7. The number of hydrogen-bond acceptors (Lipinski definition) is 4. The van der Waals surface area contributed by atoms with Crippen LogP contribution in [0.2, 0.25) is 0 Å². The van der Waals surface area contributed by atoms with Gasteiger partial charge in [-0.3, -0.25) is 4.79 Å². The van der Waals surface area contributed by atoms with Crippen LogP contribution in [0.4, 0.5) is 0 Å². The summed E-state index contributed by atoms with van der Waals surface area (Å²) in [6, 6.07) is 0. The quantitative estimate of drug-likeness (QED) is 0.306. The first-order chi connectivity index (χ1) is 16.5. The second kappa shape index (κ2) is 8.21. The van der Waals surface area contributed by atoms with Gasteiger partial charge in [0.05, 0.1) is 13.0 Å². The first-order valence-corrected chi connectivity index (χ1v) is 14.1. The highest BCUT2D eigenvalue weighted by molar-refractivity contribution is 5.88. The highest BCUT2D eigenvalue weighted by Gasteiger charge is 2.80. The number of fused-ring (bicyclic) bond motifs is 2. The van der Waals surface area contributed by atoms with Crippen molar-refractivity contribution in [2.75, 3.05) is 7.11 Å². The molecule has 0 aromatic heterocycles. The smallest absolute Gasteiger partial charge is 0.333 e. The lowest BCUT2D eigenvalue weighted by molar-refractivity contribution is -0.155. The molecule has 194 valence electrons. The Morgan fingerprint density at radius 3 is 2.60 bits per heavy atom. The predicted molar refractivity (Wildman–Crippen MR) is 137 cm³/mol. The molecular formula is C31H46O4. The Labute approximate surface area is 212 Å². The van der Waals surface area contributed by atoms with Crippen molar-refractivity contribution in [3.63, 3.8) is 0 Å². The highest BCUT2D eigenvalue weighted by atomic mass is 16.5. The van der Waals surface area contributed by atoms with Gasteiger partial charge < -0.3 is 9.47 Å². The zero-order valence-electron chi connectivity index (χ0n) is 22.8. The summed E-state index contributed by atoms with van der Waals surface area (Å²) in [5.74, 6) is 1.89. The zero-order valence-corrected chi connectivity index (χ0v) is 22.8. The van der Waals surface area contributed by atoms with Gasteiger partial charge in [0.15, 0.2) is 0 Å². The maximum atomic E-state index is 12.4. The van der Waals surface area contributed by atoms with E-state index in [9.17, 15) is 9.59 Å². The Kier molecular flexibility index (Phi) is 5.89. The average molecular weight is 483 g/mol. The van der Waals surface area contributed by atoms with Gasteiger partial charge in [-0.05, 0) is 104 Å². The van der Waals surface area contributed by atoms with E-state index in [0.29, 0.717) is 29.1 Å². The van der Waals surface area contributed by atoms with E-state index in [2.05, 4.69) is 46.4 Å². The first kappa shape index (κ1) is 25.1. The molecule has 0 aromatic rings. The van der Waals surface area contributed by atoms with Crippen molar-refractivity contribution in [3.05, 3.63) is 24.3 Å². The van der Waals surface area contributed by atoms with Crippen molar-refractivity contribution < 1.29 is 19.1 Å². The number of allylic oxidation sites excluding steroid dienone is 1. The molecule has 10 atom stereocenters. The van der Waals surface area contributed by atoms with Crippen molar-refractivity contribution >= 4 is 11.9 Å². The lowest BCUT2D eigenvalue weighted by atomic mass is 9.43. The van der Waals surface area contributed by atoms with E-state index < -0.39 is 0 Å². The van der Waals surface area contributed by atoms with E-state index in [4.69, 9.17) is 9.47 Å². The molecule has 0 saturated heterocycles. The van der Waals surface area contributed by atoms with Gasteiger partial charge >= 0.3 is 11.9 Å². The number of cyclic esters (lactones) is 1. The molecule has 0 aromatic carbocycles. The Morgan fingerprint density at radius 1 is 1.20 bits per heavy atom. The third-order valence-corrected chi connectivity index (χ3v) is 12.6. The molecule has 0 amide bonds. The zero-order chi connectivity index (χ0) is 25.4. The summed E-state index contributed by atoms with van der Waals surface area (Å²) in [5, 5.41) is 0. The normalized spacial score (nSPS) is 47.8. The second-order valence-electron chi connectivity index (χ2n) is 13.5. The number of rotatable bonds is 6. The van der Waals surface area contributed by atoms with Gasteiger partial charge in [0.2, 0.25) is 0 Å². The van der Waals surface area contributed by atoms with Crippen molar-refractivity contribution in [1.29, 1.82) is 0 Å². The fourth-order valence-electron chi connectivity index (χ4n) is 10.5. The topological polar surface area (TPSA) is 52.6 Å². The minimum Gasteiger partial charge on any atom is -0.469 e. The van der Waals surface area contributed by atoms with Crippen LogP contribution in [0.1, 0.15) is 92.4 Å². The number of esters is 2. The van der Waals surface area contributed by atoms with E-state index in [1.54, 1.807) is 0 Å². The molecule has 1 spiro atoms. The molecule has 4 nitrogen and oxygen atoms in total. The number of ether oxygens (including phenoxy) is 2. The van der Waals surface area contributed by atoms with E-state index in [1.807, 2.05) is 6.92 Å². The van der Waals surface area contributed by atoms with E-state index in [-0.39, 0.29) is 40.2 Å². The number of carbonyl (C=O) groups is 2. The van der Waals surface area contributed by atoms with E-state index in [1.165, 1.54) is 52.1 Å². The number of methoxy groups -OCH3 is 1. The number of carbonyl (C=O) groups excluding carboxylic acids is 2. The monoisotopic (exact) mass is 482 g/mol. The summed E-state index contributed by atoms with van der Waals surface area (Å²) < 4.78 is 11.1. The molecule has 0 N–H and O–H groups in total. The summed E-state index contributed by atoms with van der Waals surface area (Å²) >= 11 is 0. The largest absolute Gasteiger partial charge is 0.469 e. The SMILES string of the molecule is C=C[C@@H]1CC[C@@H]2[C@]3(CC[C@]4(C)[C@@H]([C@H](C)C5CC=C(C)C(=O)O5)CC[C@@]24C)C[C@]13CC(C)C(=O)OC. The van der Waals surface area contributed by atoms with Crippen LogP contribution in [-0.4, -0.2) is 25.2 Å². The predicted octanol–water partition coefficient (Wildman–Crippen LogP) is 6.89. The molecule has 4 heteroatoms. The second-order valence-corrected chi connectivity index (χ2v) is 13.5. The van der Waals surface area contributed by atoms with Gasteiger partial charge in [0.1, 0.15) is 6.10 Å². The molecule has 1 aliphatic heterocycles. The van der Waals surface area contributed by atoms with Crippen LogP contribution in [0, 0.1) is 51.2 Å². The Morgan fingerprint density at radius 2 is 1.94 bits per heavy atom. The van der Waals surface area contributed by atoms with Crippen molar-refractivity contribution in [2.24, 2.45) is 51.2 Å². The van der Waals surface area contributed by atoms with Gasteiger partial charge in [0.25, 0.3) is 0 Å². The molecule has 1 heterocycles. The maximum absolute atomic E-state index is 12.4. The minimum atomic E-state index is -0.133. The fourth-order valence-corrected chi connectivity index (χ4v) is 10.5. The first-order valence-electron chi connectivity index (χ1n) is 14.1. The van der Waals surface area contributed by atoms with Gasteiger partial charge in [-0.25, -0.2) is 4.79 Å². The van der Waals surface area contributed by atoms with Gasteiger partial charge in [-0.2, -0.15) is 0 Å². The molecule has 4 saturated carbocycles. The molecule has 5 rings (SSSR count). The lowest BCUT2D eigenvalue weighted by Crippen LogP contribution is -2.55. The summed E-state index contributed by atoms with van der Waals surface area (Å²) in [6.07, 6.45) is 14.8. The Balaban J connectivity index is 1.43. The van der Waals surface area contributed by atoms with Crippen LogP contribution in [0.15, 0.2) is 24.3 Å². The standard InChI is InChI=1S/C31H46O4/c1-8-22-10-12-25-29(6)14-13-23(21(4)24-11-9-19(2)27(33)35-24)28(29,5)15-16-30(25)18-31(22,30)17-20(3)26(32)34-7/h8-9,20-25H,1,10-18H2,2-7H3/t20?,21-,22+,23+,24?,25-,28+,29-,30-,31+/m0/s1. The van der Waals surface area contributed by atoms with Crippen molar-refractivity contribution in [1.82, 2.24) is 0 Å². The minimum absolute atomic E-state index is 0.00341. The van der Waals surface area contributed by atoms with Gasteiger partial charge in [0, 0.05) is 12.0 Å². The van der Waals surface area contributed by atoms with E-state index >= 15 is 0 Å². The Bertz CT molecular complexity index is 952. The lowest BCUT2D eigenvalue weighted by Gasteiger charge is -2.61. The third kappa shape index (κ3) is 3.23. The Hall–Kier alpha value is -1.58. The molecule has 4 aliphatic carbocycles. The van der Waals surface area contributed by atoms with Crippen LogP contribution in [0.5, 0.6) is 0 Å². The average Bonchev–Trinajstić information content (AvgIpc) is 3.41. The molecule has 35 heavy (non-hydrogen) atoms. The fraction of sp³-hybridized carbons (Fsp3) is 0.806. The van der Waals surface area contributed by atoms with Crippen molar-refractivity contribution in [2.45, 2.75) is 98.5 Å². The van der Waals surface area contributed by atoms with Crippen LogP contribution < -0.4 is 0 Å². The van der Waals surface area contributed by atoms with Crippen molar-refractivity contribution in [3.8, 4) is 0 Å². The molecule has 4 fully saturated rings. The summed E-state index contributed by atoms with van der Waals surface area (Å²) in [5.41, 5.74) is 1.85. The van der Waals surface area contributed by atoms with Crippen LogP contribution >= 0.6 is 0 Å². The van der Waals surface area contributed by atoms with Gasteiger partial charge in [-0.15, -0.1) is 6.58 Å². The molecule has 5 aliphatic rings.